The van der Waals surface area contributed by atoms with Gasteiger partial charge in [-0.3, -0.25) is 4.90 Å². The molecule has 2 fully saturated rings. The van der Waals surface area contributed by atoms with Crippen molar-refractivity contribution >= 4 is 5.82 Å². The fraction of sp³-hybridized carbons (Fsp3) is 0.611. The van der Waals surface area contributed by atoms with Crippen LogP contribution in [0.15, 0.2) is 22.9 Å². The van der Waals surface area contributed by atoms with Gasteiger partial charge in [-0.15, -0.1) is 0 Å². The third-order valence-electron chi connectivity index (χ3n) is 5.11. The number of pyridine rings is 1. The number of likely N-dealkylation sites (tertiary alicyclic amines) is 1. The quantitative estimate of drug-likeness (QED) is 0.879. The maximum Gasteiger partial charge on any atom is 0.243 e. The van der Waals surface area contributed by atoms with Crippen LogP contribution in [0.1, 0.15) is 55.4 Å². The van der Waals surface area contributed by atoms with E-state index in [2.05, 4.69) is 45.3 Å². The summed E-state index contributed by atoms with van der Waals surface area (Å²) in [5.41, 5.74) is 1.23. The van der Waals surface area contributed by atoms with Crippen LogP contribution < -0.4 is 5.32 Å². The van der Waals surface area contributed by atoms with Gasteiger partial charge in [0.05, 0.1) is 6.04 Å². The van der Waals surface area contributed by atoms with Crippen molar-refractivity contribution in [2.45, 2.75) is 45.1 Å². The summed E-state index contributed by atoms with van der Waals surface area (Å²) in [4.78, 5) is 11.4. The van der Waals surface area contributed by atoms with Gasteiger partial charge in [0.2, 0.25) is 5.89 Å². The predicted octanol–water partition coefficient (Wildman–Crippen LogP) is 3.15. The molecule has 0 aromatic carbocycles. The third kappa shape index (κ3) is 3.43. The molecular weight excluding hydrogens is 302 g/mol. The van der Waals surface area contributed by atoms with Crippen molar-refractivity contribution in [3.05, 3.63) is 35.6 Å². The number of aromatic nitrogens is 3. The summed E-state index contributed by atoms with van der Waals surface area (Å²) in [6.45, 7) is 7.35. The minimum Gasteiger partial charge on any atom is -0.370 e. The van der Waals surface area contributed by atoms with Crippen molar-refractivity contribution in [2.75, 3.05) is 25.0 Å². The van der Waals surface area contributed by atoms with Crippen LogP contribution in [0.3, 0.4) is 0 Å². The highest BCUT2D eigenvalue weighted by Crippen LogP contribution is 2.39. The normalized spacial score (nSPS) is 22.7. The molecule has 3 heterocycles. The molecule has 2 aliphatic rings. The molecule has 0 radical (unpaired) electrons. The first-order valence-corrected chi connectivity index (χ1v) is 8.93. The number of hydrogen-bond donors (Lipinski definition) is 1. The lowest BCUT2D eigenvalue weighted by atomic mass is 10.1. The van der Waals surface area contributed by atoms with Crippen molar-refractivity contribution in [1.82, 2.24) is 20.0 Å². The summed E-state index contributed by atoms with van der Waals surface area (Å²) in [5, 5.41) is 7.61. The van der Waals surface area contributed by atoms with E-state index in [0.717, 1.165) is 37.2 Å². The van der Waals surface area contributed by atoms with Crippen LogP contribution in [0.4, 0.5) is 5.82 Å². The topological polar surface area (TPSA) is 67.1 Å². The van der Waals surface area contributed by atoms with Crippen LogP contribution in [-0.2, 0) is 0 Å². The van der Waals surface area contributed by atoms with Gasteiger partial charge in [0, 0.05) is 25.2 Å². The van der Waals surface area contributed by atoms with Gasteiger partial charge in [-0.05, 0) is 63.3 Å². The second-order valence-corrected chi connectivity index (χ2v) is 7.19. The fourth-order valence-corrected chi connectivity index (χ4v) is 3.34. The zero-order valence-electron chi connectivity index (χ0n) is 14.4. The molecule has 1 saturated carbocycles. The van der Waals surface area contributed by atoms with Crippen molar-refractivity contribution in [1.29, 1.82) is 0 Å². The van der Waals surface area contributed by atoms with Crippen LogP contribution in [0.2, 0.25) is 0 Å². The van der Waals surface area contributed by atoms with Gasteiger partial charge in [0.1, 0.15) is 5.82 Å². The van der Waals surface area contributed by atoms with Crippen molar-refractivity contribution in [3.63, 3.8) is 0 Å². The lowest BCUT2D eigenvalue weighted by Crippen LogP contribution is -2.26. The van der Waals surface area contributed by atoms with Gasteiger partial charge in [-0.2, -0.15) is 4.98 Å². The van der Waals surface area contributed by atoms with E-state index < -0.39 is 0 Å². The fourth-order valence-electron chi connectivity index (χ4n) is 3.34. The molecular formula is C18H25N5O. The first-order valence-electron chi connectivity index (χ1n) is 8.93. The van der Waals surface area contributed by atoms with Gasteiger partial charge in [-0.1, -0.05) is 5.16 Å². The lowest BCUT2D eigenvalue weighted by Gasteiger charge is -2.21. The second kappa shape index (κ2) is 6.51. The number of nitrogens with zero attached hydrogens (tertiary/aromatic N) is 4. The number of aryl methyl sites for hydroxylation is 1. The van der Waals surface area contributed by atoms with Gasteiger partial charge < -0.3 is 9.84 Å². The Labute approximate surface area is 142 Å². The molecule has 1 N–H and O–H groups in total. The summed E-state index contributed by atoms with van der Waals surface area (Å²) in [5.74, 6) is 3.81. The summed E-state index contributed by atoms with van der Waals surface area (Å²) in [6, 6.07) is 4.31. The van der Waals surface area contributed by atoms with Gasteiger partial charge in [0.25, 0.3) is 0 Å². The summed E-state index contributed by atoms with van der Waals surface area (Å²) < 4.78 is 5.49. The largest absolute Gasteiger partial charge is 0.370 e. The maximum atomic E-state index is 5.49. The molecule has 6 nitrogen and oxygen atoms in total. The second-order valence-electron chi connectivity index (χ2n) is 7.19. The zero-order chi connectivity index (χ0) is 16.5. The Morgan fingerprint density at radius 2 is 2.25 bits per heavy atom. The summed E-state index contributed by atoms with van der Waals surface area (Å²) in [7, 11) is 0. The Bertz CT molecular complexity index is 696. The van der Waals surface area contributed by atoms with E-state index in [-0.39, 0.29) is 6.04 Å². The molecule has 2 aromatic rings. The molecule has 6 heteroatoms. The lowest BCUT2D eigenvalue weighted by molar-refractivity contribution is 0.203. The molecule has 1 saturated heterocycles. The number of hydrogen-bond acceptors (Lipinski definition) is 6. The van der Waals surface area contributed by atoms with Gasteiger partial charge in [0.15, 0.2) is 5.82 Å². The molecule has 24 heavy (non-hydrogen) atoms. The molecule has 0 spiro atoms. The van der Waals surface area contributed by atoms with E-state index in [9.17, 15) is 0 Å². The van der Waals surface area contributed by atoms with Gasteiger partial charge >= 0.3 is 0 Å². The average molecular weight is 327 g/mol. The number of anilines is 1. The molecule has 0 unspecified atom stereocenters. The first-order chi connectivity index (χ1) is 11.7. The first kappa shape index (κ1) is 15.6. The molecule has 1 aliphatic carbocycles. The van der Waals surface area contributed by atoms with Crippen molar-refractivity contribution in [2.24, 2.45) is 5.92 Å². The minimum absolute atomic E-state index is 0.201. The zero-order valence-corrected chi connectivity index (χ0v) is 14.4. The molecule has 0 bridgehead atoms. The summed E-state index contributed by atoms with van der Waals surface area (Å²) >= 11 is 0. The smallest absolute Gasteiger partial charge is 0.243 e. The van der Waals surface area contributed by atoms with E-state index in [1.54, 1.807) is 0 Å². The van der Waals surface area contributed by atoms with Gasteiger partial charge in [-0.25, -0.2) is 4.98 Å². The van der Waals surface area contributed by atoms with Crippen molar-refractivity contribution in [3.8, 4) is 0 Å². The Kier molecular flexibility index (Phi) is 4.22. The SMILES string of the molecule is Cc1ccnc(NC[C@@H]2CCN([C@H](C)c3nc(C4CC4)no3)C2)c1. The Morgan fingerprint density at radius 3 is 3.04 bits per heavy atom. The van der Waals surface area contributed by atoms with Crippen LogP contribution >= 0.6 is 0 Å². The molecule has 1 aliphatic heterocycles. The van der Waals surface area contributed by atoms with E-state index in [0.29, 0.717) is 11.8 Å². The molecule has 2 atom stereocenters. The van der Waals surface area contributed by atoms with Crippen LogP contribution in [0.25, 0.3) is 0 Å². The monoisotopic (exact) mass is 327 g/mol. The number of nitrogens with one attached hydrogen (secondary N) is 1. The molecule has 128 valence electrons. The molecule has 0 amide bonds. The van der Waals surface area contributed by atoms with Crippen molar-refractivity contribution < 1.29 is 4.52 Å². The highest BCUT2D eigenvalue weighted by molar-refractivity contribution is 5.36. The van der Waals surface area contributed by atoms with E-state index in [1.165, 1.54) is 24.8 Å². The Hall–Kier alpha value is -1.95. The Balaban J connectivity index is 1.30. The maximum absolute atomic E-state index is 5.49. The van der Waals surface area contributed by atoms with E-state index in [1.807, 2.05) is 12.3 Å². The van der Waals surface area contributed by atoms with Crippen LogP contribution in [0.5, 0.6) is 0 Å². The summed E-state index contributed by atoms with van der Waals surface area (Å²) in [6.07, 6.45) is 5.45. The predicted molar refractivity (Wildman–Crippen MR) is 91.8 cm³/mol. The van der Waals surface area contributed by atoms with Crippen LogP contribution in [-0.4, -0.2) is 39.7 Å². The Morgan fingerprint density at radius 1 is 1.38 bits per heavy atom. The van der Waals surface area contributed by atoms with Crippen LogP contribution in [0, 0.1) is 12.8 Å². The molecule has 4 rings (SSSR count). The highest BCUT2D eigenvalue weighted by Gasteiger charge is 2.32. The molecule has 2 aromatic heterocycles. The third-order valence-corrected chi connectivity index (χ3v) is 5.11. The average Bonchev–Trinajstić information content (AvgIpc) is 3.12. The minimum atomic E-state index is 0.201. The standard InChI is InChI=1S/C18H25N5O/c1-12-5-7-19-16(9-12)20-10-14-6-8-23(11-14)13(2)18-21-17(22-24-18)15-3-4-15/h5,7,9,13-15H,3-4,6,8,10-11H2,1-2H3,(H,19,20)/t13-,14+/m1/s1. The van der Waals surface area contributed by atoms with E-state index >= 15 is 0 Å². The number of rotatable bonds is 6. The van der Waals surface area contributed by atoms with E-state index in [4.69, 9.17) is 4.52 Å². The highest BCUT2D eigenvalue weighted by atomic mass is 16.5.